The Morgan fingerprint density at radius 1 is 1.33 bits per heavy atom. The van der Waals surface area contributed by atoms with Crippen LogP contribution in [0.25, 0.3) is 0 Å². The highest BCUT2D eigenvalue weighted by Crippen LogP contribution is 2.34. The third-order valence-electron chi connectivity index (χ3n) is 2.16. The molecule has 0 saturated heterocycles. The average Bonchev–Trinajstić information content (AvgIpc) is 1.89. The molecule has 0 spiro atoms. The molecule has 0 bridgehead atoms. The van der Waals surface area contributed by atoms with Crippen molar-refractivity contribution in [2.75, 3.05) is 0 Å². The molecule has 9 heavy (non-hydrogen) atoms. The number of hydrazine groups is 1. The lowest BCUT2D eigenvalue weighted by atomic mass is 9.78. The molecule has 0 saturated carbocycles. The van der Waals surface area contributed by atoms with E-state index < -0.39 is 0 Å². The number of nitrogens with two attached hydrogens (primary N) is 2. The van der Waals surface area contributed by atoms with Crippen LogP contribution in [-0.2, 0) is 0 Å². The number of allylic oxidation sites excluding steroid dienone is 2. The molecule has 0 aliphatic heterocycles. The number of nitrogens with one attached hydrogen (secondary N) is 1. The van der Waals surface area contributed by atoms with Crippen molar-refractivity contribution in [3.05, 3.63) is 11.4 Å². The van der Waals surface area contributed by atoms with Gasteiger partial charge in [0.2, 0.25) is 0 Å². The third kappa shape index (κ3) is 0.685. The Hall–Kier alpha value is -0.700. The SMILES string of the molecule is CC1C(N)=C(NN)C1C. The second-order valence-corrected chi connectivity index (χ2v) is 2.59. The molecule has 0 fully saturated rings. The van der Waals surface area contributed by atoms with E-state index in [2.05, 4.69) is 19.3 Å². The van der Waals surface area contributed by atoms with Gasteiger partial charge in [-0.3, -0.25) is 5.84 Å². The van der Waals surface area contributed by atoms with Gasteiger partial charge in [0.05, 0.1) is 0 Å². The first-order valence-electron chi connectivity index (χ1n) is 3.14. The molecule has 3 heteroatoms. The molecule has 5 N–H and O–H groups in total. The maximum atomic E-state index is 5.60. The van der Waals surface area contributed by atoms with Gasteiger partial charge in [-0.2, -0.15) is 0 Å². The summed E-state index contributed by atoms with van der Waals surface area (Å²) in [6.07, 6.45) is 0. The predicted octanol–water partition coefficient (Wildman–Crippen LogP) is -0.0942. The van der Waals surface area contributed by atoms with Crippen LogP contribution in [-0.4, -0.2) is 0 Å². The highest BCUT2D eigenvalue weighted by molar-refractivity contribution is 5.26. The van der Waals surface area contributed by atoms with Gasteiger partial charge in [-0.15, -0.1) is 0 Å². The van der Waals surface area contributed by atoms with E-state index in [1.165, 1.54) is 0 Å². The van der Waals surface area contributed by atoms with E-state index in [-0.39, 0.29) is 0 Å². The molecule has 3 nitrogen and oxygen atoms in total. The first-order valence-corrected chi connectivity index (χ1v) is 3.14. The van der Waals surface area contributed by atoms with Gasteiger partial charge in [0.1, 0.15) is 0 Å². The predicted molar refractivity (Wildman–Crippen MR) is 36.9 cm³/mol. The summed E-state index contributed by atoms with van der Waals surface area (Å²) in [7, 11) is 0. The third-order valence-corrected chi connectivity index (χ3v) is 2.16. The molecule has 2 unspecified atom stereocenters. The van der Waals surface area contributed by atoms with Crippen LogP contribution in [0.3, 0.4) is 0 Å². The molecule has 0 aromatic carbocycles. The first kappa shape index (κ1) is 6.42. The number of rotatable bonds is 1. The molecule has 52 valence electrons. The zero-order valence-corrected chi connectivity index (χ0v) is 5.81. The van der Waals surface area contributed by atoms with E-state index in [9.17, 15) is 0 Å². The monoisotopic (exact) mass is 127 g/mol. The van der Waals surface area contributed by atoms with Crippen LogP contribution < -0.4 is 17.0 Å². The van der Waals surface area contributed by atoms with Gasteiger partial charge in [-0.25, -0.2) is 0 Å². The summed E-state index contributed by atoms with van der Waals surface area (Å²) in [5.41, 5.74) is 10.1. The molecular weight excluding hydrogens is 114 g/mol. The van der Waals surface area contributed by atoms with Gasteiger partial charge in [0.25, 0.3) is 0 Å². The topological polar surface area (TPSA) is 64.1 Å². The largest absolute Gasteiger partial charge is 0.400 e. The summed E-state index contributed by atoms with van der Waals surface area (Å²) in [5.74, 6) is 6.19. The Morgan fingerprint density at radius 2 is 1.89 bits per heavy atom. The Bertz CT molecular complexity index is 150. The van der Waals surface area contributed by atoms with Crippen molar-refractivity contribution in [2.45, 2.75) is 13.8 Å². The zero-order chi connectivity index (χ0) is 7.02. The average molecular weight is 127 g/mol. The fraction of sp³-hybridized carbons (Fsp3) is 0.667. The maximum absolute atomic E-state index is 5.60. The van der Waals surface area contributed by atoms with Crippen molar-refractivity contribution in [1.82, 2.24) is 5.43 Å². The summed E-state index contributed by atoms with van der Waals surface area (Å²) in [4.78, 5) is 0. The fourth-order valence-electron chi connectivity index (χ4n) is 1.15. The summed E-state index contributed by atoms with van der Waals surface area (Å²) in [6, 6.07) is 0. The van der Waals surface area contributed by atoms with Crippen LogP contribution in [0.1, 0.15) is 13.8 Å². The number of hydrogen-bond donors (Lipinski definition) is 3. The molecule has 0 aromatic heterocycles. The molecule has 1 aliphatic rings. The van der Waals surface area contributed by atoms with E-state index in [0.29, 0.717) is 11.8 Å². The molecule has 0 aromatic rings. The fourth-order valence-corrected chi connectivity index (χ4v) is 1.15. The lowest BCUT2D eigenvalue weighted by Gasteiger charge is -2.34. The maximum Gasteiger partial charge on any atom is 0.0483 e. The summed E-state index contributed by atoms with van der Waals surface area (Å²) in [6.45, 7) is 4.21. The van der Waals surface area contributed by atoms with E-state index in [1.54, 1.807) is 0 Å². The Balaban J connectivity index is 2.71. The highest BCUT2D eigenvalue weighted by atomic mass is 15.2. The summed E-state index contributed by atoms with van der Waals surface area (Å²) < 4.78 is 0. The minimum atomic E-state index is 0.496. The molecule has 2 atom stereocenters. The summed E-state index contributed by atoms with van der Waals surface area (Å²) in [5, 5.41) is 0. The Kier molecular flexibility index (Phi) is 1.37. The van der Waals surface area contributed by atoms with Crippen LogP contribution in [0.4, 0.5) is 0 Å². The van der Waals surface area contributed by atoms with Crippen molar-refractivity contribution in [2.24, 2.45) is 23.4 Å². The van der Waals surface area contributed by atoms with Crippen molar-refractivity contribution < 1.29 is 0 Å². The van der Waals surface area contributed by atoms with E-state index in [1.807, 2.05) is 0 Å². The smallest absolute Gasteiger partial charge is 0.0483 e. The summed E-state index contributed by atoms with van der Waals surface area (Å²) >= 11 is 0. The second-order valence-electron chi connectivity index (χ2n) is 2.59. The zero-order valence-electron chi connectivity index (χ0n) is 5.81. The Morgan fingerprint density at radius 3 is 2.11 bits per heavy atom. The van der Waals surface area contributed by atoms with Crippen LogP contribution in [0.2, 0.25) is 0 Å². The van der Waals surface area contributed by atoms with Crippen molar-refractivity contribution >= 4 is 0 Å². The molecule has 1 rings (SSSR count). The van der Waals surface area contributed by atoms with Crippen molar-refractivity contribution in [3.63, 3.8) is 0 Å². The minimum Gasteiger partial charge on any atom is -0.400 e. The molecule has 0 amide bonds. The minimum absolute atomic E-state index is 0.496. The van der Waals surface area contributed by atoms with Gasteiger partial charge >= 0.3 is 0 Å². The second kappa shape index (κ2) is 1.92. The molecule has 0 heterocycles. The van der Waals surface area contributed by atoms with Crippen molar-refractivity contribution in [3.8, 4) is 0 Å². The first-order chi connectivity index (χ1) is 4.18. The Labute approximate surface area is 55.1 Å². The van der Waals surface area contributed by atoms with Crippen LogP contribution in [0, 0.1) is 11.8 Å². The van der Waals surface area contributed by atoms with Crippen molar-refractivity contribution in [1.29, 1.82) is 0 Å². The van der Waals surface area contributed by atoms with E-state index in [4.69, 9.17) is 11.6 Å². The van der Waals surface area contributed by atoms with Gasteiger partial charge in [-0.1, -0.05) is 13.8 Å². The number of hydrogen-bond acceptors (Lipinski definition) is 3. The van der Waals surface area contributed by atoms with Gasteiger partial charge in [0, 0.05) is 23.2 Å². The quantitative estimate of drug-likeness (QED) is 0.340. The van der Waals surface area contributed by atoms with Gasteiger partial charge in [-0.05, 0) is 0 Å². The van der Waals surface area contributed by atoms with E-state index in [0.717, 1.165) is 11.4 Å². The molecular formula is C6H13N3. The standard InChI is InChI=1S/C6H13N3/c1-3-4(2)6(9-8)5(3)7/h3-4,9H,7-8H2,1-2H3. The van der Waals surface area contributed by atoms with Gasteiger partial charge in [0.15, 0.2) is 0 Å². The van der Waals surface area contributed by atoms with E-state index >= 15 is 0 Å². The lowest BCUT2D eigenvalue weighted by Crippen LogP contribution is -2.41. The molecule has 1 aliphatic carbocycles. The molecule has 0 radical (unpaired) electrons. The van der Waals surface area contributed by atoms with Crippen LogP contribution >= 0.6 is 0 Å². The van der Waals surface area contributed by atoms with Crippen LogP contribution in [0.15, 0.2) is 11.4 Å². The lowest BCUT2D eigenvalue weighted by molar-refractivity contribution is 0.389. The van der Waals surface area contributed by atoms with Crippen LogP contribution in [0.5, 0.6) is 0 Å². The van der Waals surface area contributed by atoms with Gasteiger partial charge < -0.3 is 11.2 Å². The highest BCUT2D eigenvalue weighted by Gasteiger charge is 2.31. The normalized spacial score (nSPS) is 34.1.